The number of furan rings is 1. The molecule has 0 unspecified atom stereocenters. The maximum absolute atomic E-state index is 5.48. The largest absolute Gasteiger partial charge is 1.00 e. The second-order valence-electron chi connectivity index (χ2n) is 4.71. The molecule has 0 saturated heterocycles. The number of nitrogens with zero attached hydrogens (tertiary/aromatic N) is 1. The van der Waals surface area contributed by atoms with Crippen LogP contribution in [0.5, 0.6) is 0 Å². The van der Waals surface area contributed by atoms with E-state index in [1.165, 1.54) is 10.9 Å². The van der Waals surface area contributed by atoms with Crippen molar-refractivity contribution < 1.29 is 25.9 Å². The van der Waals surface area contributed by atoms with Crippen molar-refractivity contribution in [1.82, 2.24) is 0 Å². The van der Waals surface area contributed by atoms with E-state index in [1.807, 2.05) is 18.4 Å². The molecule has 0 aliphatic heterocycles. The lowest BCUT2D eigenvalue weighted by molar-refractivity contribution is -0.883. The van der Waals surface area contributed by atoms with Gasteiger partial charge in [-0.1, -0.05) is 18.2 Å². The first-order valence-electron chi connectivity index (χ1n) is 4.82. The van der Waals surface area contributed by atoms with Crippen molar-refractivity contribution in [1.29, 1.82) is 0 Å². The zero-order valence-corrected chi connectivity index (χ0v) is 10.9. The molecule has 0 fully saturated rings. The van der Waals surface area contributed by atoms with Gasteiger partial charge in [0, 0.05) is 5.39 Å². The molecule has 1 heterocycles. The quantitative estimate of drug-likeness (QED) is 0.680. The lowest BCUT2D eigenvalue weighted by Crippen LogP contribution is -3.00. The van der Waals surface area contributed by atoms with Crippen LogP contribution in [0.1, 0.15) is 5.56 Å². The van der Waals surface area contributed by atoms with Gasteiger partial charge in [-0.2, -0.15) is 0 Å². The second kappa shape index (κ2) is 4.37. The standard InChI is InChI=1S/C12H16NO.BrH/c1-13(2,3)8-10-9-14-12-7-5-4-6-11(10)12;/h4-7,9H,8H2,1-3H3;1H/q+1;/p-1. The summed E-state index contributed by atoms with van der Waals surface area (Å²) >= 11 is 0. The van der Waals surface area contributed by atoms with E-state index in [1.54, 1.807) is 0 Å². The SMILES string of the molecule is C[N+](C)(C)Cc1coc2ccccc12.[Br-]. The van der Waals surface area contributed by atoms with Gasteiger partial charge in [-0.15, -0.1) is 0 Å². The third-order valence-electron chi connectivity index (χ3n) is 2.21. The van der Waals surface area contributed by atoms with Crippen molar-refractivity contribution in [2.24, 2.45) is 0 Å². The molecule has 0 spiro atoms. The summed E-state index contributed by atoms with van der Waals surface area (Å²) in [7, 11) is 6.55. The van der Waals surface area contributed by atoms with Gasteiger partial charge in [0.1, 0.15) is 18.4 Å². The van der Waals surface area contributed by atoms with Crippen molar-refractivity contribution in [2.45, 2.75) is 6.54 Å². The first-order chi connectivity index (χ1) is 6.56. The van der Waals surface area contributed by atoms with Crippen molar-refractivity contribution >= 4 is 11.0 Å². The van der Waals surface area contributed by atoms with Gasteiger partial charge < -0.3 is 25.9 Å². The smallest absolute Gasteiger partial charge is 0.134 e. The Bertz CT molecular complexity index is 442. The number of benzene rings is 1. The molecule has 1 aromatic carbocycles. The van der Waals surface area contributed by atoms with Crippen molar-refractivity contribution in [2.75, 3.05) is 21.1 Å². The van der Waals surface area contributed by atoms with Crippen LogP contribution in [0.15, 0.2) is 34.9 Å². The lowest BCUT2D eigenvalue weighted by atomic mass is 10.1. The van der Waals surface area contributed by atoms with Gasteiger partial charge in [0.05, 0.1) is 26.7 Å². The Labute approximate surface area is 101 Å². The molecule has 1 aromatic heterocycles. The molecule has 82 valence electrons. The normalized spacial score (nSPS) is 11.4. The second-order valence-corrected chi connectivity index (χ2v) is 4.71. The fourth-order valence-electron chi connectivity index (χ4n) is 1.67. The van der Waals surface area contributed by atoms with E-state index in [0.717, 1.165) is 16.6 Å². The molecule has 2 rings (SSSR count). The molecule has 0 aliphatic carbocycles. The topological polar surface area (TPSA) is 13.1 Å². The third kappa shape index (κ3) is 2.83. The molecular formula is C12H16BrNO. The summed E-state index contributed by atoms with van der Waals surface area (Å²) in [6, 6.07) is 8.18. The molecule has 0 bridgehead atoms. The molecule has 0 N–H and O–H groups in total. The summed E-state index contributed by atoms with van der Waals surface area (Å²) in [5, 5.41) is 1.24. The minimum atomic E-state index is 0. The van der Waals surface area contributed by atoms with Crippen LogP contribution in [0.25, 0.3) is 11.0 Å². The summed E-state index contributed by atoms with van der Waals surface area (Å²) in [4.78, 5) is 0. The van der Waals surface area contributed by atoms with Crippen LogP contribution in [-0.2, 0) is 6.54 Å². The number of hydrogen-bond donors (Lipinski definition) is 0. The summed E-state index contributed by atoms with van der Waals surface area (Å²) in [6.07, 6.45) is 1.87. The Hall–Kier alpha value is -0.800. The van der Waals surface area contributed by atoms with Gasteiger partial charge in [-0.05, 0) is 6.07 Å². The van der Waals surface area contributed by atoms with E-state index in [-0.39, 0.29) is 17.0 Å². The fraction of sp³-hybridized carbons (Fsp3) is 0.333. The highest BCUT2D eigenvalue weighted by atomic mass is 79.9. The van der Waals surface area contributed by atoms with E-state index < -0.39 is 0 Å². The number of halogens is 1. The summed E-state index contributed by atoms with van der Waals surface area (Å²) in [5.74, 6) is 0. The first kappa shape index (κ1) is 12.3. The first-order valence-corrected chi connectivity index (χ1v) is 4.82. The number of hydrogen-bond acceptors (Lipinski definition) is 1. The van der Waals surface area contributed by atoms with Gasteiger partial charge in [-0.3, -0.25) is 0 Å². The molecule has 0 aliphatic rings. The van der Waals surface area contributed by atoms with Gasteiger partial charge >= 0.3 is 0 Å². The lowest BCUT2D eigenvalue weighted by Gasteiger charge is -2.23. The van der Waals surface area contributed by atoms with Crippen LogP contribution < -0.4 is 17.0 Å². The van der Waals surface area contributed by atoms with Gasteiger partial charge in [0.2, 0.25) is 0 Å². The number of fused-ring (bicyclic) bond motifs is 1. The summed E-state index contributed by atoms with van der Waals surface area (Å²) in [5.41, 5.74) is 2.27. The fourth-order valence-corrected chi connectivity index (χ4v) is 1.67. The Morgan fingerprint density at radius 3 is 2.47 bits per heavy atom. The molecule has 0 radical (unpaired) electrons. The third-order valence-corrected chi connectivity index (χ3v) is 2.21. The van der Waals surface area contributed by atoms with Crippen LogP contribution in [0, 0.1) is 0 Å². The van der Waals surface area contributed by atoms with Crippen LogP contribution in [0.3, 0.4) is 0 Å². The number of rotatable bonds is 2. The highest BCUT2D eigenvalue weighted by molar-refractivity contribution is 5.80. The minimum Gasteiger partial charge on any atom is -1.00 e. The average molecular weight is 270 g/mol. The Morgan fingerprint density at radius 2 is 1.80 bits per heavy atom. The number of para-hydroxylation sites is 1. The molecule has 0 atom stereocenters. The van der Waals surface area contributed by atoms with E-state index in [4.69, 9.17) is 4.42 Å². The van der Waals surface area contributed by atoms with Gasteiger partial charge in [0.25, 0.3) is 0 Å². The predicted molar refractivity (Wildman–Crippen MR) is 58.0 cm³/mol. The van der Waals surface area contributed by atoms with E-state index in [2.05, 4.69) is 33.3 Å². The molecule has 15 heavy (non-hydrogen) atoms. The van der Waals surface area contributed by atoms with Crippen LogP contribution in [-0.4, -0.2) is 25.6 Å². The highest BCUT2D eigenvalue weighted by Gasteiger charge is 2.13. The maximum Gasteiger partial charge on any atom is 0.134 e. The molecule has 0 saturated carbocycles. The predicted octanol–water partition coefficient (Wildman–Crippen LogP) is -0.357. The van der Waals surface area contributed by atoms with Crippen molar-refractivity contribution in [3.05, 3.63) is 36.1 Å². The van der Waals surface area contributed by atoms with Crippen LogP contribution in [0.2, 0.25) is 0 Å². The minimum absolute atomic E-state index is 0. The summed E-state index contributed by atoms with van der Waals surface area (Å²) < 4.78 is 6.41. The van der Waals surface area contributed by atoms with Gasteiger partial charge in [0.15, 0.2) is 0 Å². The number of quaternary nitrogens is 1. The van der Waals surface area contributed by atoms with E-state index >= 15 is 0 Å². The van der Waals surface area contributed by atoms with Gasteiger partial charge in [-0.25, -0.2) is 0 Å². The van der Waals surface area contributed by atoms with Crippen molar-refractivity contribution in [3.8, 4) is 0 Å². The zero-order chi connectivity index (χ0) is 10.2. The van der Waals surface area contributed by atoms with Crippen molar-refractivity contribution in [3.63, 3.8) is 0 Å². The maximum atomic E-state index is 5.48. The Morgan fingerprint density at radius 1 is 1.13 bits per heavy atom. The average Bonchev–Trinajstić information content (AvgIpc) is 2.47. The Kier molecular flexibility index (Phi) is 3.58. The monoisotopic (exact) mass is 269 g/mol. The molecule has 2 nitrogen and oxygen atoms in total. The molecule has 2 aromatic rings. The highest BCUT2D eigenvalue weighted by Crippen LogP contribution is 2.22. The van der Waals surface area contributed by atoms with E-state index in [9.17, 15) is 0 Å². The summed E-state index contributed by atoms with van der Waals surface area (Å²) in [6.45, 7) is 0.997. The van der Waals surface area contributed by atoms with Crippen LogP contribution in [0.4, 0.5) is 0 Å². The molecule has 3 heteroatoms. The van der Waals surface area contributed by atoms with Crippen LogP contribution >= 0.6 is 0 Å². The Balaban J connectivity index is 0.00000112. The zero-order valence-electron chi connectivity index (χ0n) is 9.33. The van der Waals surface area contributed by atoms with E-state index in [0.29, 0.717) is 0 Å². The molecule has 0 amide bonds. The molecular weight excluding hydrogens is 254 g/mol.